The van der Waals surface area contributed by atoms with Gasteiger partial charge in [-0.15, -0.1) is 0 Å². The van der Waals surface area contributed by atoms with Crippen molar-refractivity contribution in [2.75, 3.05) is 0 Å². The van der Waals surface area contributed by atoms with Crippen LogP contribution < -0.4 is 0 Å². The predicted octanol–water partition coefficient (Wildman–Crippen LogP) is 2.77. The maximum Gasteiger partial charge on any atom is 0.124 e. The Hall–Kier alpha value is -1.37. The molecule has 0 aliphatic rings. The Morgan fingerprint density at radius 1 is 1.54 bits per heavy atom. The monoisotopic (exact) mass is 174 g/mol. The van der Waals surface area contributed by atoms with Crippen LogP contribution in [0.25, 0.3) is 5.57 Å². The smallest absolute Gasteiger partial charge is 0.124 e. The van der Waals surface area contributed by atoms with Gasteiger partial charge in [-0.25, -0.2) is 0 Å². The van der Waals surface area contributed by atoms with E-state index in [1.54, 1.807) is 0 Å². The molecule has 0 unspecified atom stereocenters. The molecule has 1 heteroatoms. The van der Waals surface area contributed by atoms with Crippen molar-refractivity contribution in [2.45, 2.75) is 20.3 Å². The molecule has 0 aliphatic heterocycles. The highest BCUT2D eigenvalue weighted by Crippen LogP contribution is 2.16. The zero-order chi connectivity index (χ0) is 9.84. The molecule has 0 heterocycles. The molecule has 0 saturated heterocycles. The highest BCUT2D eigenvalue weighted by Gasteiger charge is 1.99. The van der Waals surface area contributed by atoms with Crippen LogP contribution >= 0.6 is 0 Å². The molecule has 0 radical (unpaired) electrons. The molecule has 1 nitrogen and oxygen atoms in total. The van der Waals surface area contributed by atoms with Crippen LogP contribution in [0.15, 0.2) is 24.8 Å². The second kappa shape index (κ2) is 4.04. The maximum absolute atomic E-state index is 10.4. The summed E-state index contributed by atoms with van der Waals surface area (Å²) < 4.78 is 0. The van der Waals surface area contributed by atoms with Crippen LogP contribution in [0.4, 0.5) is 0 Å². The Kier molecular flexibility index (Phi) is 3.02. The first-order valence-electron chi connectivity index (χ1n) is 4.34. The molecule has 0 bridgehead atoms. The summed E-state index contributed by atoms with van der Waals surface area (Å²) in [6.07, 6.45) is 1.43. The van der Waals surface area contributed by atoms with Gasteiger partial charge in [0.05, 0.1) is 0 Å². The van der Waals surface area contributed by atoms with Gasteiger partial charge in [-0.2, -0.15) is 0 Å². The molecule has 0 saturated carbocycles. The van der Waals surface area contributed by atoms with Gasteiger partial charge in [-0.1, -0.05) is 30.4 Å². The Morgan fingerprint density at radius 2 is 2.23 bits per heavy atom. The van der Waals surface area contributed by atoms with Crippen LogP contribution in [0.2, 0.25) is 0 Å². The zero-order valence-electron chi connectivity index (χ0n) is 8.13. The normalized spacial score (nSPS) is 9.69. The summed E-state index contributed by atoms with van der Waals surface area (Å²) in [5.74, 6) is 0. The molecule has 68 valence electrons. The van der Waals surface area contributed by atoms with Crippen LogP contribution in [0.3, 0.4) is 0 Å². The Labute approximate surface area is 79.1 Å². The number of allylic oxidation sites excluding steroid dienone is 1. The minimum Gasteiger partial charge on any atom is -0.303 e. The molecule has 1 aromatic carbocycles. The molecule has 0 aromatic heterocycles. The van der Waals surface area contributed by atoms with Gasteiger partial charge < -0.3 is 4.79 Å². The lowest BCUT2D eigenvalue weighted by molar-refractivity contribution is -0.107. The Balaban J connectivity index is 3.10. The van der Waals surface area contributed by atoms with Gasteiger partial charge in [0.15, 0.2) is 0 Å². The number of hydrogen-bond acceptors (Lipinski definition) is 1. The highest BCUT2D eigenvalue weighted by molar-refractivity contribution is 5.64. The summed E-state index contributed by atoms with van der Waals surface area (Å²) >= 11 is 0. The molecule has 1 aromatic rings. The molecule has 1 rings (SSSR count). The molecular formula is C12H14O. The zero-order valence-corrected chi connectivity index (χ0v) is 8.13. The van der Waals surface area contributed by atoms with Crippen LogP contribution in [0.1, 0.15) is 23.6 Å². The van der Waals surface area contributed by atoms with Crippen molar-refractivity contribution < 1.29 is 4.79 Å². The van der Waals surface area contributed by atoms with Gasteiger partial charge in [0.25, 0.3) is 0 Å². The van der Waals surface area contributed by atoms with Gasteiger partial charge in [-0.3, -0.25) is 0 Å². The number of carbonyl (C=O) groups excluding carboxylic acids is 1. The second-order valence-electron chi connectivity index (χ2n) is 3.29. The van der Waals surface area contributed by atoms with E-state index in [1.165, 1.54) is 0 Å². The Bertz CT molecular complexity index is 337. The van der Waals surface area contributed by atoms with Crippen molar-refractivity contribution >= 4 is 11.9 Å². The van der Waals surface area contributed by atoms with Crippen molar-refractivity contribution in [3.63, 3.8) is 0 Å². The topological polar surface area (TPSA) is 17.1 Å². The maximum atomic E-state index is 10.4. The number of aldehydes is 1. The third-order valence-corrected chi connectivity index (χ3v) is 2.15. The number of carbonyl (C=O) groups is 1. The lowest BCUT2D eigenvalue weighted by atomic mass is 10.00. The van der Waals surface area contributed by atoms with E-state index in [-0.39, 0.29) is 0 Å². The van der Waals surface area contributed by atoms with E-state index < -0.39 is 0 Å². The van der Waals surface area contributed by atoms with E-state index in [4.69, 9.17) is 0 Å². The van der Waals surface area contributed by atoms with Gasteiger partial charge in [0, 0.05) is 6.42 Å². The first-order valence-corrected chi connectivity index (χ1v) is 4.34. The summed E-state index contributed by atoms with van der Waals surface area (Å²) in [6, 6.07) is 6.10. The molecule has 13 heavy (non-hydrogen) atoms. The highest BCUT2D eigenvalue weighted by atomic mass is 16.1. The van der Waals surface area contributed by atoms with Crippen LogP contribution in [0, 0.1) is 6.92 Å². The SMILES string of the molecule is C=C(C)c1ccc(C)c(CC=O)c1. The summed E-state index contributed by atoms with van der Waals surface area (Å²) in [4.78, 5) is 10.4. The van der Waals surface area contributed by atoms with E-state index in [9.17, 15) is 4.79 Å². The van der Waals surface area contributed by atoms with Crippen molar-refractivity contribution in [1.82, 2.24) is 0 Å². The molecule has 0 spiro atoms. The summed E-state index contributed by atoms with van der Waals surface area (Å²) in [5.41, 5.74) is 4.40. The average molecular weight is 174 g/mol. The second-order valence-corrected chi connectivity index (χ2v) is 3.29. The van der Waals surface area contributed by atoms with Gasteiger partial charge in [0.2, 0.25) is 0 Å². The van der Waals surface area contributed by atoms with E-state index in [0.29, 0.717) is 6.42 Å². The summed E-state index contributed by atoms with van der Waals surface area (Å²) in [7, 11) is 0. The number of hydrogen-bond donors (Lipinski definition) is 0. The first kappa shape index (κ1) is 9.72. The Morgan fingerprint density at radius 3 is 2.77 bits per heavy atom. The quantitative estimate of drug-likeness (QED) is 0.644. The standard InChI is InChI=1S/C12H14O/c1-9(2)11-5-4-10(3)12(8-11)6-7-13/h4-5,7-8H,1,6H2,2-3H3. The summed E-state index contributed by atoms with van der Waals surface area (Å²) in [5, 5.41) is 0. The largest absolute Gasteiger partial charge is 0.303 e. The van der Waals surface area contributed by atoms with E-state index in [0.717, 1.165) is 28.5 Å². The molecule has 0 aliphatic carbocycles. The van der Waals surface area contributed by atoms with Crippen molar-refractivity contribution in [1.29, 1.82) is 0 Å². The van der Waals surface area contributed by atoms with Crippen molar-refractivity contribution in [3.05, 3.63) is 41.5 Å². The van der Waals surface area contributed by atoms with E-state index in [2.05, 4.69) is 6.58 Å². The van der Waals surface area contributed by atoms with Gasteiger partial charge in [0.1, 0.15) is 6.29 Å². The van der Waals surface area contributed by atoms with Crippen molar-refractivity contribution in [3.8, 4) is 0 Å². The molecule has 0 atom stereocenters. The number of aryl methyl sites for hydroxylation is 1. The van der Waals surface area contributed by atoms with Crippen LogP contribution in [0.5, 0.6) is 0 Å². The van der Waals surface area contributed by atoms with Gasteiger partial charge in [-0.05, 0) is 30.5 Å². The van der Waals surface area contributed by atoms with Crippen molar-refractivity contribution in [2.24, 2.45) is 0 Å². The number of rotatable bonds is 3. The van der Waals surface area contributed by atoms with E-state index in [1.807, 2.05) is 32.0 Å². The molecule has 0 amide bonds. The van der Waals surface area contributed by atoms with Crippen LogP contribution in [-0.2, 0) is 11.2 Å². The molecule has 0 fully saturated rings. The number of benzene rings is 1. The van der Waals surface area contributed by atoms with Crippen LogP contribution in [-0.4, -0.2) is 6.29 Å². The molecular weight excluding hydrogens is 160 g/mol. The minimum atomic E-state index is 0.493. The fourth-order valence-electron chi connectivity index (χ4n) is 1.25. The minimum absolute atomic E-state index is 0.493. The lowest BCUT2D eigenvalue weighted by Crippen LogP contribution is -1.92. The fraction of sp³-hybridized carbons (Fsp3) is 0.250. The van der Waals surface area contributed by atoms with Gasteiger partial charge >= 0.3 is 0 Å². The lowest BCUT2D eigenvalue weighted by Gasteiger charge is -2.05. The molecule has 0 N–H and O–H groups in total. The summed E-state index contributed by atoms with van der Waals surface area (Å²) in [6.45, 7) is 7.85. The fourth-order valence-corrected chi connectivity index (χ4v) is 1.25. The predicted molar refractivity (Wildman–Crippen MR) is 55.7 cm³/mol. The van der Waals surface area contributed by atoms with E-state index >= 15 is 0 Å². The average Bonchev–Trinajstić information content (AvgIpc) is 2.08. The third-order valence-electron chi connectivity index (χ3n) is 2.15. The third kappa shape index (κ3) is 2.28. The first-order chi connectivity index (χ1) is 6.15.